The van der Waals surface area contributed by atoms with Crippen LogP contribution in [-0.4, -0.2) is 28.6 Å². The monoisotopic (exact) mass is 300 g/mol. The summed E-state index contributed by atoms with van der Waals surface area (Å²) < 4.78 is 2.23. The first-order valence-corrected chi connectivity index (χ1v) is 7.45. The molecule has 3 rings (SSSR count). The Morgan fingerprint density at radius 1 is 1.38 bits per heavy atom. The van der Waals surface area contributed by atoms with E-state index in [1.807, 2.05) is 45.0 Å². The maximum Gasteiger partial charge on any atom is 0.275 e. The summed E-state index contributed by atoms with van der Waals surface area (Å²) in [5.41, 5.74) is 2.59. The predicted molar refractivity (Wildman–Crippen MR) is 89.1 cm³/mol. The lowest BCUT2D eigenvalue weighted by molar-refractivity contribution is 0.981. The van der Waals surface area contributed by atoms with Crippen LogP contribution < -0.4 is 10.5 Å². The van der Waals surface area contributed by atoms with E-state index in [-0.39, 0.29) is 5.56 Å². The number of allylic oxidation sites excluding steroid dienone is 2. The fourth-order valence-corrected chi connectivity index (χ4v) is 3.35. The Bertz CT molecular complexity index is 920. The molecule has 6 heteroatoms. The van der Waals surface area contributed by atoms with Crippen molar-refractivity contribution in [2.45, 2.75) is 13.8 Å². The minimum Gasteiger partial charge on any atom is -0.377 e. The molecular formula is C15H16N4OS. The van der Waals surface area contributed by atoms with E-state index in [0.29, 0.717) is 4.70 Å². The molecule has 0 unspecified atom stereocenters. The Hall–Kier alpha value is -2.21. The van der Waals surface area contributed by atoms with E-state index in [0.717, 1.165) is 27.1 Å². The first-order chi connectivity index (χ1) is 10.0. The quantitative estimate of drug-likeness (QED) is 0.730. The zero-order valence-corrected chi connectivity index (χ0v) is 13.2. The maximum atomic E-state index is 12.6. The molecule has 0 N–H and O–H groups in total. The lowest BCUT2D eigenvalue weighted by atomic mass is 10.2. The number of rotatable bonds is 2. The number of thiophene rings is 1. The van der Waals surface area contributed by atoms with Gasteiger partial charge in [-0.3, -0.25) is 9.36 Å². The third-order valence-corrected chi connectivity index (χ3v) is 4.61. The van der Waals surface area contributed by atoms with Gasteiger partial charge in [-0.2, -0.15) is 0 Å². The molecule has 3 aromatic rings. The highest BCUT2D eigenvalue weighted by molar-refractivity contribution is 7.25. The van der Waals surface area contributed by atoms with Crippen LogP contribution in [0.1, 0.15) is 13.8 Å². The molecule has 0 aliphatic rings. The zero-order valence-electron chi connectivity index (χ0n) is 12.4. The predicted octanol–water partition coefficient (Wildman–Crippen LogP) is 2.95. The zero-order chi connectivity index (χ0) is 15.1. The van der Waals surface area contributed by atoms with Crippen LogP contribution in [0.4, 0.5) is 5.69 Å². The third-order valence-electron chi connectivity index (χ3n) is 3.54. The maximum absolute atomic E-state index is 12.6. The van der Waals surface area contributed by atoms with Crippen LogP contribution in [0.2, 0.25) is 0 Å². The minimum atomic E-state index is -0.0386. The largest absolute Gasteiger partial charge is 0.377 e. The lowest BCUT2D eigenvalue weighted by Crippen LogP contribution is -2.17. The average Bonchev–Trinajstić information content (AvgIpc) is 2.86. The Morgan fingerprint density at radius 2 is 2.14 bits per heavy atom. The lowest BCUT2D eigenvalue weighted by Gasteiger charge is -2.13. The number of anilines is 1. The molecule has 108 valence electrons. The van der Waals surface area contributed by atoms with Crippen LogP contribution in [0.5, 0.6) is 0 Å². The van der Waals surface area contributed by atoms with Crippen molar-refractivity contribution in [3.8, 4) is 0 Å². The molecule has 3 heterocycles. The van der Waals surface area contributed by atoms with Crippen LogP contribution in [0.3, 0.4) is 0 Å². The molecule has 0 aliphatic carbocycles. The van der Waals surface area contributed by atoms with Crippen molar-refractivity contribution < 1.29 is 0 Å². The van der Waals surface area contributed by atoms with E-state index in [9.17, 15) is 4.79 Å². The second-order valence-electron chi connectivity index (χ2n) is 5.03. The molecule has 0 bridgehead atoms. The summed E-state index contributed by atoms with van der Waals surface area (Å²) >= 11 is 1.40. The first kappa shape index (κ1) is 13.8. The molecule has 0 aromatic carbocycles. The molecule has 0 saturated carbocycles. The molecule has 0 aliphatic heterocycles. The summed E-state index contributed by atoms with van der Waals surface area (Å²) in [5.74, 6) is 0. The fourth-order valence-electron chi connectivity index (χ4n) is 2.30. The van der Waals surface area contributed by atoms with E-state index >= 15 is 0 Å². The smallest absolute Gasteiger partial charge is 0.275 e. The second kappa shape index (κ2) is 4.96. The number of pyridine rings is 1. The van der Waals surface area contributed by atoms with Crippen molar-refractivity contribution in [3.05, 3.63) is 35.0 Å². The molecule has 5 nitrogen and oxygen atoms in total. The van der Waals surface area contributed by atoms with Crippen LogP contribution >= 0.6 is 11.3 Å². The van der Waals surface area contributed by atoms with Crippen molar-refractivity contribution in [1.29, 1.82) is 0 Å². The van der Waals surface area contributed by atoms with Gasteiger partial charge in [0.1, 0.15) is 15.9 Å². The highest BCUT2D eigenvalue weighted by Crippen LogP contribution is 2.35. The minimum absolute atomic E-state index is 0.0386. The molecule has 0 radical (unpaired) electrons. The fraction of sp³-hybridized carbons (Fsp3) is 0.267. The van der Waals surface area contributed by atoms with Gasteiger partial charge in [0, 0.05) is 26.0 Å². The summed E-state index contributed by atoms with van der Waals surface area (Å²) in [7, 11) is 3.95. The molecule has 21 heavy (non-hydrogen) atoms. The molecule has 0 atom stereocenters. The van der Waals surface area contributed by atoms with Gasteiger partial charge >= 0.3 is 0 Å². The summed E-state index contributed by atoms with van der Waals surface area (Å²) in [6.45, 7) is 3.80. The normalized spacial score (nSPS) is 12.3. The van der Waals surface area contributed by atoms with Gasteiger partial charge in [-0.05, 0) is 19.9 Å². The standard InChI is InChI=1S/C15H16N4OS/c1-5-9(2)19-8-17-12-11-10(18(3)4)6-7-16-14(11)21-13(12)15(19)20/h5-8H,1-4H3/b9-5+. The van der Waals surface area contributed by atoms with Gasteiger partial charge in [-0.25, -0.2) is 9.97 Å². The summed E-state index contributed by atoms with van der Waals surface area (Å²) in [4.78, 5) is 24.4. The van der Waals surface area contributed by atoms with Gasteiger partial charge in [-0.15, -0.1) is 11.3 Å². The van der Waals surface area contributed by atoms with Crippen molar-refractivity contribution in [2.24, 2.45) is 0 Å². The first-order valence-electron chi connectivity index (χ1n) is 6.64. The van der Waals surface area contributed by atoms with Crippen LogP contribution in [0.15, 0.2) is 29.5 Å². The molecular weight excluding hydrogens is 284 g/mol. The highest BCUT2D eigenvalue weighted by Gasteiger charge is 2.16. The number of hydrogen-bond acceptors (Lipinski definition) is 5. The number of nitrogens with zero attached hydrogens (tertiary/aromatic N) is 4. The molecule has 0 fully saturated rings. The summed E-state index contributed by atoms with van der Waals surface area (Å²) in [6, 6.07) is 1.94. The van der Waals surface area contributed by atoms with E-state index in [4.69, 9.17) is 0 Å². The van der Waals surface area contributed by atoms with E-state index in [1.165, 1.54) is 11.3 Å². The Kier molecular flexibility index (Phi) is 3.25. The topological polar surface area (TPSA) is 51.0 Å². The number of aromatic nitrogens is 3. The Morgan fingerprint density at radius 3 is 2.81 bits per heavy atom. The average molecular weight is 300 g/mol. The van der Waals surface area contributed by atoms with Crippen molar-refractivity contribution in [2.75, 3.05) is 19.0 Å². The van der Waals surface area contributed by atoms with Gasteiger partial charge in [0.2, 0.25) is 0 Å². The van der Waals surface area contributed by atoms with Crippen molar-refractivity contribution in [1.82, 2.24) is 14.5 Å². The van der Waals surface area contributed by atoms with Crippen molar-refractivity contribution >= 4 is 43.2 Å². The Balaban J connectivity index is 2.46. The number of hydrogen-bond donors (Lipinski definition) is 0. The van der Waals surface area contributed by atoms with Crippen molar-refractivity contribution in [3.63, 3.8) is 0 Å². The summed E-state index contributed by atoms with van der Waals surface area (Å²) in [5, 5.41) is 0.949. The van der Waals surface area contributed by atoms with Gasteiger partial charge < -0.3 is 4.90 Å². The second-order valence-corrected chi connectivity index (χ2v) is 6.03. The van der Waals surface area contributed by atoms with Crippen LogP contribution in [-0.2, 0) is 0 Å². The van der Waals surface area contributed by atoms with Gasteiger partial charge in [0.05, 0.1) is 16.6 Å². The number of fused-ring (bicyclic) bond motifs is 3. The SMILES string of the molecule is C/C=C(\C)n1cnc2c(sc3nccc(N(C)C)c32)c1=O. The van der Waals surface area contributed by atoms with Gasteiger partial charge in [0.25, 0.3) is 5.56 Å². The van der Waals surface area contributed by atoms with E-state index in [1.54, 1.807) is 17.1 Å². The van der Waals surface area contributed by atoms with Gasteiger partial charge in [0.15, 0.2) is 0 Å². The van der Waals surface area contributed by atoms with Crippen LogP contribution in [0, 0.1) is 0 Å². The highest BCUT2D eigenvalue weighted by atomic mass is 32.1. The molecule has 0 saturated heterocycles. The van der Waals surface area contributed by atoms with E-state index in [2.05, 4.69) is 9.97 Å². The molecule has 0 amide bonds. The van der Waals surface area contributed by atoms with Crippen LogP contribution in [0.25, 0.3) is 26.1 Å². The Labute approximate surface area is 126 Å². The molecule has 0 spiro atoms. The third kappa shape index (κ3) is 2.03. The molecule has 3 aromatic heterocycles. The van der Waals surface area contributed by atoms with Gasteiger partial charge in [-0.1, -0.05) is 6.08 Å². The summed E-state index contributed by atoms with van der Waals surface area (Å²) in [6.07, 6.45) is 5.26. The van der Waals surface area contributed by atoms with E-state index < -0.39 is 0 Å².